The van der Waals surface area contributed by atoms with Crippen LogP contribution in [0.4, 0.5) is 5.69 Å². The molecule has 10 heteroatoms. The second kappa shape index (κ2) is 11.0. The van der Waals surface area contributed by atoms with Crippen molar-refractivity contribution < 1.29 is 14.3 Å². The van der Waals surface area contributed by atoms with E-state index in [4.69, 9.17) is 4.74 Å². The average molecular weight is 504 g/mol. The molecule has 162 valence electrons. The van der Waals surface area contributed by atoms with Crippen LogP contribution in [0.2, 0.25) is 0 Å². The topological polar surface area (TPSA) is 98.1 Å². The molecule has 3 rings (SSSR count). The maximum atomic E-state index is 12.4. The number of hydrogen-bond acceptors (Lipinski definition) is 6. The van der Waals surface area contributed by atoms with Gasteiger partial charge in [-0.25, -0.2) is 0 Å². The van der Waals surface area contributed by atoms with Gasteiger partial charge in [0.15, 0.2) is 11.0 Å². The zero-order chi connectivity index (χ0) is 22.2. The third kappa shape index (κ3) is 6.31. The summed E-state index contributed by atoms with van der Waals surface area (Å²) >= 11 is 4.68. The predicted molar refractivity (Wildman–Crippen MR) is 123 cm³/mol. The third-order valence-electron chi connectivity index (χ3n) is 4.31. The summed E-state index contributed by atoms with van der Waals surface area (Å²) in [6.07, 6.45) is 0. The molecule has 0 atom stereocenters. The van der Waals surface area contributed by atoms with Gasteiger partial charge in [-0.15, -0.1) is 10.2 Å². The van der Waals surface area contributed by atoms with Crippen LogP contribution < -0.4 is 15.4 Å². The first-order valence-corrected chi connectivity index (χ1v) is 11.3. The lowest BCUT2D eigenvalue weighted by Gasteiger charge is -2.09. The molecule has 0 unspecified atom stereocenters. The molecule has 3 aromatic rings. The van der Waals surface area contributed by atoms with E-state index in [-0.39, 0.29) is 24.1 Å². The van der Waals surface area contributed by atoms with E-state index in [0.29, 0.717) is 28.8 Å². The zero-order valence-corrected chi connectivity index (χ0v) is 19.5. The van der Waals surface area contributed by atoms with Crippen molar-refractivity contribution in [2.45, 2.75) is 25.2 Å². The van der Waals surface area contributed by atoms with Crippen molar-refractivity contribution in [2.75, 3.05) is 18.2 Å². The number of benzene rings is 2. The van der Waals surface area contributed by atoms with Crippen LogP contribution in [0.15, 0.2) is 58.2 Å². The molecule has 31 heavy (non-hydrogen) atoms. The highest BCUT2D eigenvalue weighted by Gasteiger charge is 2.15. The highest BCUT2D eigenvalue weighted by atomic mass is 79.9. The maximum absolute atomic E-state index is 12.4. The van der Waals surface area contributed by atoms with Crippen LogP contribution in [0.25, 0.3) is 0 Å². The smallest absolute Gasteiger partial charge is 0.251 e. The second-order valence-corrected chi connectivity index (χ2v) is 8.26. The Morgan fingerprint density at radius 1 is 1.16 bits per heavy atom. The van der Waals surface area contributed by atoms with Crippen LogP contribution >= 0.6 is 27.7 Å². The summed E-state index contributed by atoms with van der Waals surface area (Å²) in [5.41, 5.74) is 1.25. The fourth-order valence-electron chi connectivity index (χ4n) is 2.77. The molecular weight excluding hydrogens is 482 g/mol. The van der Waals surface area contributed by atoms with Gasteiger partial charge in [-0.3, -0.25) is 9.59 Å². The van der Waals surface area contributed by atoms with Crippen molar-refractivity contribution in [3.05, 3.63) is 64.4 Å². The highest BCUT2D eigenvalue weighted by molar-refractivity contribution is 9.10. The molecule has 0 fully saturated rings. The first-order valence-electron chi connectivity index (χ1n) is 9.52. The fraction of sp³-hybridized carbons (Fsp3) is 0.238. The number of halogens is 1. The number of methoxy groups -OCH3 is 1. The van der Waals surface area contributed by atoms with Crippen LogP contribution in [0.1, 0.15) is 23.1 Å². The van der Waals surface area contributed by atoms with E-state index in [2.05, 4.69) is 36.8 Å². The van der Waals surface area contributed by atoms with Gasteiger partial charge in [-0.1, -0.05) is 33.8 Å². The number of rotatable bonds is 9. The van der Waals surface area contributed by atoms with Gasteiger partial charge in [-0.05, 0) is 49.4 Å². The SMILES string of the molecule is CCn1c(CNC(=O)c2ccc(OC)cc2)nnc1SCC(=O)Nc1cccc(Br)c1. The predicted octanol–water partition coefficient (Wildman–Crippen LogP) is 3.73. The number of carbonyl (C=O) groups is 2. The number of ether oxygens (including phenoxy) is 1. The summed E-state index contributed by atoms with van der Waals surface area (Å²) in [5.74, 6) is 1.16. The quantitative estimate of drug-likeness (QED) is 0.431. The first-order chi connectivity index (χ1) is 15.0. The molecule has 0 aliphatic rings. The van der Waals surface area contributed by atoms with E-state index >= 15 is 0 Å². The van der Waals surface area contributed by atoms with Gasteiger partial charge >= 0.3 is 0 Å². The summed E-state index contributed by atoms with van der Waals surface area (Å²) in [6.45, 7) is 2.82. The molecule has 0 spiro atoms. The Hall–Kier alpha value is -2.85. The standard InChI is InChI=1S/C21H22BrN5O3S/c1-3-27-18(12-23-20(29)14-7-9-17(30-2)10-8-14)25-26-21(27)31-13-19(28)24-16-6-4-5-15(22)11-16/h4-11H,3,12-13H2,1-2H3,(H,23,29)(H,24,28). The van der Waals surface area contributed by atoms with Crippen molar-refractivity contribution in [1.82, 2.24) is 20.1 Å². The number of aromatic nitrogens is 3. The molecular formula is C21H22BrN5O3S. The number of carbonyl (C=O) groups excluding carboxylic acids is 2. The zero-order valence-electron chi connectivity index (χ0n) is 17.1. The van der Waals surface area contributed by atoms with Gasteiger partial charge in [-0.2, -0.15) is 0 Å². The van der Waals surface area contributed by atoms with E-state index < -0.39 is 0 Å². The Labute approximate surface area is 192 Å². The van der Waals surface area contributed by atoms with E-state index in [9.17, 15) is 9.59 Å². The monoisotopic (exact) mass is 503 g/mol. The second-order valence-electron chi connectivity index (χ2n) is 6.40. The Balaban J connectivity index is 1.55. The lowest BCUT2D eigenvalue weighted by molar-refractivity contribution is -0.113. The molecule has 2 amide bonds. The summed E-state index contributed by atoms with van der Waals surface area (Å²) in [7, 11) is 1.58. The van der Waals surface area contributed by atoms with E-state index in [1.54, 1.807) is 31.4 Å². The minimum Gasteiger partial charge on any atom is -0.497 e. The van der Waals surface area contributed by atoms with E-state index in [1.807, 2.05) is 35.8 Å². The fourth-order valence-corrected chi connectivity index (χ4v) is 3.99. The highest BCUT2D eigenvalue weighted by Crippen LogP contribution is 2.19. The Morgan fingerprint density at radius 2 is 1.94 bits per heavy atom. The number of nitrogens with zero attached hydrogens (tertiary/aromatic N) is 3. The number of thioether (sulfide) groups is 1. The Kier molecular flexibility index (Phi) is 8.07. The lowest BCUT2D eigenvalue weighted by atomic mass is 10.2. The van der Waals surface area contributed by atoms with Gasteiger partial charge in [0.2, 0.25) is 5.91 Å². The van der Waals surface area contributed by atoms with Gasteiger partial charge < -0.3 is 19.9 Å². The molecule has 0 bridgehead atoms. The van der Waals surface area contributed by atoms with Crippen molar-refractivity contribution in [2.24, 2.45) is 0 Å². The van der Waals surface area contributed by atoms with Gasteiger partial charge in [0.25, 0.3) is 5.91 Å². The number of amides is 2. The Bertz CT molecular complexity index is 1060. The lowest BCUT2D eigenvalue weighted by Crippen LogP contribution is -2.24. The van der Waals surface area contributed by atoms with Crippen molar-refractivity contribution in [1.29, 1.82) is 0 Å². The molecule has 0 radical (unpaired) electrons. The number of hydrogen-bond donors (Lipinski definition) is 2. The molecule has 8 nitrogen and oxygen atoms in total. The minimum atomic E-state index is -0.212. The summed E-state index contributed by atoms with van der Waals surface area (Å²) in [6, 6.07) is 14.3. The summed E-state index contributed by atoms with van der Waals surface area (Å²) in [5, 5.41) is 14.7. The minimum absolute atomic E-state index is 0.136. The van der Waals surface area contributed by atoms with Gasteiger partial charge in [0.05, 0.1) is 19.4 Å². The maximum Gasteiger partial charge on any atom is 0.251 e. The van der Waals surface area contributed by atoms with Crippen LogP contribution in [-0.2, 0) is 17.9 Å². The molecule has 2 aromatic carbocycles. The molecule has 1 heterocycles. The average Bonchev–Trinajstić information content (AvgIpc) is 3.18. The molecule has 1 aromatic heterocycles. The molecule has 0 aliphatic heterocycles. The van der Waals surface area contributed by atoms with Crippen LogP contribution in [-0.4, -0.2) is 39.4 Å². The molecule has 0 saturated heterocycles. The van der Waals surface area contributed by atoms with Crippen molar-refractivity contribution in [3.63, 3.8) is 0 Å². The van der Waals surface area contributed by atoms with Crippen molar-refractivity contribution >= 4 is 45.2 Å². The third-order valence-corrected chi connectivity index (χ3v) is 5.77. The van der Waals surface area contributed by atoms with Gasteiger partial charge in [0.1, 0.15) is 5.75 Å². The van der Waals surface area contributed by atoms with Gasteiger partial charge in [0, 0.05) is 22.3 Å². The summed E-state index contributed by atoms with van der Waals surface area (Å²) < 4.78 is 7.88. The van der Waals surface area contributed by atoms with Crippen molar-refractivity contribution in [3.8, 4) is 5.75 Å². The van der Waals surface area contributed by atoms with Crippen LogP contribution in [0.3, 0.4) is 0 Å². The normalized spacial score (nSPS) is 10.5. The molecule has 2 N–H and O–H groups in total. The van der Waals surface area contributed by atoms with E-state index in [0.717, 1.165) is 10.2 Å². The largest absolute Gasteiger partial charge is 0.497 e. The molecule has 0 aliphatic carbocycles. The molecule has 0 saturated carbocycles. The van der Waals surface area contributed by atoms with Crippen LogP contribution in [0.5, 0.6) is 5.75 Å². The summed E-state index contributed by atoms with van der Waals surface area (Å²) in [4.78, 5) is 24.6. The number of nitrogens with one attached hydrogen (secondary N) is 2. The first kappa shape index (κ1) is 22.8. The number of anilines is 1. The van der Waals surface area contributed by atoms with E-state index in [1.165, 1.54) is 11.8 Å². The Morgan fingerprint density at radius 3 is 2.61 bits per heavy atom. The van der Waals surface area contributed by atoms with Crippen LogP contribution in [0, 0.1) is 0 Å².